The molecule has 6 heteroatoms. The van der Waals surface area contributed by atoms with Crippen molar-refractivity contribution in [1.82, 2.24) is 14.3 Å². The third-order valence-corrected chi connectivity index (χ3v) is 5.13. The first kappa shape index (κ1) is 18.3. The van der Waals surface area contributed by atoms with Crippen molar-refractivity contribution in [1.29, 1.82) is 0 Å². The van der Waals surface area contributed by atoms with Crippen LogP contribution in [0, 0.1) is 20.8 Å². The van der Waals surface area contributed by atoms with Gasteiger partial charge in [-0.2, -0.15) is 5.10 Å². The van der Waals surface area contributed by atoms with Crippen LogP contribution < -0.4 is 5.49 Å². The summed E-state index contributed by atoms with van der Waals surface area (Å²) >= 11 is 0. The predicted octanol–water partition coefficient (Wildman–Crippen LogP) is 2.90. The minimum Gasteiger partial charge on any atom is -0.283 e. The third-order valence-electron chi connectivity index (χ3n) is 5.13. The second kappa shape index (κ2) is 7.40. The number of carbonyl (C=O) groups excluding carboxylic acids is 2. The van der Waals surface area contributed by atoms with Crippen LogP contribution >= 0.6 is 0 Å². The molecule has 1 saturated carbocycles. The number of carbonyl (C=O) groups is 2. The van der Waals surface area contributed by atoms with Gasteiger partial charge >= 0.3 is 5.91 Å². The zero-order valence-electron chi connectivity index (χ0n) is 16.0. The van der Waals surface area contributed by atoms with Gasteiger partial charge in [-0.05, 0) is 51.3 Å². The van der Waals surface area contributed by atoms with Crippen molar-refractivity contribution in [2.75, 3.05) is 0 Å². The Kier molecular flexibility index (Phi) is 5.20. The van der Waals surface area contributed by atoms with E-state index >= 15 is 0 Å². The molecule has 2 aromatic rings. The maximum Gasteiger partial charge on any atom is 0.304 e. The summed E-state index contributed by atoms with van der Waals surface area (Å²) < 4.78 is 3.01. The number of nitrogens with zero attached hydrogens (tertiary/aromatic N) is 4. The molecular weight excluding hydrogens is 328 g/mol. The van der Waals surface area contributed by atoms with Crippen molar-refractivity contribution in [2.24, 2.45) is 12.0 Å². The lowest BCUT2D eigenvalue weighted by atomic mass is 9.96. The normalized spacial score (nSPS) is 16.1. The summed E-state index contributed by atoms with van der Waals surface area (Å²) in [4.78, 5) is 30.6. The average Bonchev–Trinajstić information content (AvgIpc) is 2.87. The van der Waals surface area contributed by atoms with Gasteiger partial charge in [-0.1, -0.05) is 19.3 Å². The second-order valence-corrected chi connectivity index (χ2v) is 7.16. The maximum atomic E-state index is 12.9. The molecule has 1 aliphatic carbocycles. The Morgan fingerprint density at radius 3 is 2.46 bits per heavy atom. The topological polar surface area (TPSA) is 69.2 Å². The third kappa shape index (κ3) is 3.54. The lowest BCUT2D eigenvalue weighted by Gasteiger charge is -2.18. The van der Waals surface area contributed by atoms with E-state index in [4.69, 9.17) is 4.99 Å². The Balaban J connectivity index is 2.01. The van der Waals surface area contributed by atoms with E-state index in [-0.39, 0.29) is 6.04 Å². The van der Waals surface area contributed by atoms with Gasteiger partial charge in [-0.15, -0.1) is 0 Å². The minimum absolute atomic E-state index is 0.224. The molecule has 0 N–H and O–H groups in total. The number of rotatable bonds is 3. The van der Waals surface area contributed by atoms with Crippen molar-refractivity contribution in [3.63, 3.8) is 0 Å². The van der Waals surface area contributed by atoms with Crippen LogP contribution in [0.4, 0.5) is 0 Å². The van der Waals surface area contributed by atoms with Gasteiger partial charge in [0.1, 0.15) is 5.49 Å². The van der Waals surface area contributed by atoms with Crippen LogP contribution in [0.1, 0.15) is 64.2 Å². The number of hydrogen-bond acceptors (Lipinski definition) is 4. The Hall–Kier alpha value is -2.50. The monoisotopic (exact) mass is 354 g/mol. The van der Waals surface area contributed by atoms with E-state index in [2.05, 4.69) is 5.10 Å². The number of aromatic nitrogens is 3. The lowest BCUT2D eigenvalue weighted by Crippen LogP contribution is -2.34. The quantitative estimate of drug-likeness (QED) is 0.629. The van der Waals surface area contributed by atoms with E-state index in [0.29, 0.717) is 22.4 Å². The van der Waals surface area contributed by atoms with Crippen molar-refractivity contribution in [3.05, 3.63) is 46.3 Å². The molecule has 0 radical (unpaired) electrons. The SMILES string of the molecule is Cc1ccn(C(=O)C(=O)c2c(C)nn(C)c2C)c(=NC2CCCCC2)c1. The molecule has 2 aromatic heterocycles. The van der Waals surface area contributed by atoms with Crippen molar-refractivity contribution < 1.29 is 9.59 Å². The minimum atomic E-state index is -0.584. The van der Waals surface area contributed by atoms with Crippen LogP contribution in [-0.4, -0.2) is 32.1 Å². The lowest BCUT2D eigenvalue weighted by molar-refractivity contribution is 0.0760. The molecule has 0 aromatic carbocycles. The molecule has 0 saturated heterocycles. The molecular formula is C20H26N4O2. The highest BCUT2D eigenvalue weighted by atomic mass is 16.2. The van der Waals surface area contributed by atoms with Crippen LogP contribution in [0.3, 0.4) is 0 Å². The van der Waals surface area contributed by atoms with E-state index in [0.717, 1.165) is 18.4 Å². The first-order valence-electron chi connectivity index (χ1n) is 9.21. The maximum absolute atomic E-state index is 12.9. The molecule has 0 bridgehead atoms. The summed E-state index contributed by atoms with van der Waals surface area (Å²) in [5.41, 5.74) is 3.23. The van der Waals surface area contributed by atoms with Gasteiger partial charge in [-0.3, -0.25) is 23.8 Å². The predicted molar refractivity (Wildman–Crippen MR) is 99.2 cm³/mol. The van der Waals surface area contributed by atoms with Crippen LogP contribution in [0.2, 0.25) is 0 Å². The van der Waals surface area contributed by atoms with Gasteiger partial charge in [-0.25, -0.2) is 0 Å². The Bertz CT molecular complexity index is 914. The molecule has 2 heterocycles. The molecule has 1 aliphatic rings. The highest BCUT2D eigenvalue weighted by molar-refractivity contribution is 6.44. The van der Waals surface area contributed by atoms with E-state index in [9.17, 15) is 9.59 Å². The smallest absolute Gasteiger partial charge is 0.283 e. The van der Waals surface area contributed by atoms with Crippen LogP contribution in [0.25, 0.3) is 0 Å². The van der Waals surface area contributed by atoms with Crippen molar-refractivity contribution in [3.8, 4) is 0 Å². The van der Waals surface area contributed by atoms with E-state index in [1.54, 1.807) is 31.8 Å². The summed E-state index contributed by atoms with van der Waals surface area (Å²) in [6.45, 7) is 5.51. The van der Waals surface area contributed by atoms with E-state index in [1.807, 2.05) is 19.1 Å². The standard InChI is InChI=1S/C20H26N4O2/c1-13-10-11-24(17(12-13)21-16-8-6-5-7-9-16)20(26)19(25)18-14(2)22-23(4)15(18)3/h10-12,16H,5-9H2,1-4H3. The molecule has 6 nitrogen and oxygen atoms in total. The fourth-order valence-electron chi connectivity index (χ4n) is 3.58. The molecule has 3 rings (SSSR count). The molecule has 0 spiro atoms. The van der Waals surface area contributed by atoms with Gasteiger partial charge in [0.05, 0.1) is 17.3 Å². The summed E-state index contributed by atoms with van der Waals surface area (Å²) in [5, 5.41) is 4.25. The summed E-state index contributed by atoms with van der Waals surface area (Å²) in [5.74, 6) is -1.12. The number of pyridine rings is 1. The number of Topliss-reactive ketones (excluding diaryl/α,β-unsaturated/α-hetero) is 1. The van der Waals surface area contributed by atoms with Crippen molar-refractivity contribution >= 4 is 11.7 Å². The van der Waals surface area contributed by atoms with Crippen molar-refractivity contribution in [2.45, 2.75) is 58.9 Å². The highest BCUT2D eigenvalue weighted by Crippen LogP contribution is 2.19. The van der Waals surface area contributed by atoms with Gasteiger partial charge in [0, 0.05) is 18.9 Å². The fraction of sp³-hybridized carbons (Fsp3) is 0.500. The van der Waals surface area contributed by atoms with Crippen LogP contribution in [-0.2, 0) is 7.05 Å². The molecule has 138 valence electrons. The van der Waals surface area contributed by atoms with Gasteiger partial charge < -0.3 is 0 Å². The average molecular weight is 354 g/mol. The van der Waals surface area contributed by atoms with Gasteiger partial charge in [0.2, 0.25) is 0 Å². The van der Waals surface area contributed by atoms with Crippen LogP contribution in [0.15, 0.2) is 23.3 Å². The first-order chi connectivity index (χ1) is 12.4. The van der Waals surface area contributed by atoms with E-state index < -0.39 is 11.7 Å². The van der Waals surface area contributed by atoms with Crippen LogP contribution in [0.5, 0.6) is 0 Å². The zero-order chi connectivity index (χ0) is 18.8. The molecule has 0 aliphatic heterocycles. The number of aryl methyl sites for hydroxylation is 3. The Labute approximate surface area is 153 Å². The molecule has 1 fully saturated rings. The number of ketones is 1. The van der Waals surface area contributed by atoms with E-state index in [1.165, 1.54) is 23.8 Å². The first-order valence-corrected chi connectivity index (χ1v) is 9.21. The zero-order valence-corrected chi connectivity index (χ0v) is 16.0. The summed E-state index contributed by atoms with van der Waals surface area (Å²) in [6, 6.07) is 3.93. The van der Waals surface area contributed by atoms with Gasteiger partial charge in [0.25, 0.3) is 5.78 Å². The number of hydrogen-bond donors (Lipinski definition) is 0. The Morgan fingerprint density at radius 2 is 1.85 bits per heavy atom. The largest absolute Gasteiger partial charge is 0.304 e. The second-order valence-electron chi connectivity index (χ2n) is 7.16. The fourth-order valence-corrected chi connectivity index (χ4v) is 3.58. The summed E-state index contributed by atoms with van der Waals surface area (Å²) in [6.07, 6.45) is 7.31. The highest BCUT2D eigenvalue weighted by Gasteiger charge is 2.25. The molecule has 0 unspecified atom stereocenters. The molecule has 0 atom stereocenters. The molecule has 26 heavy (non-hydrogen) atoms. The van der Waals surface area contributed by atoms with Gasteiger partial charge in [0.15, 0.2) is 0 Å². The molecule has 0 amide bonds. The summed E-state index contributed by atoms with van der Waals surface area (Å²) in [7, 11) is 1.77. The Morgan fingerprint density at radius 1 is 1.15 bits per heavy atom.